The lowest BCUT2D eigenvalue weighted by Crippen LogP contribution is -2.14. The van der Waals surface area contributed by atoms with Crippen LogP contribution >= 0.6 is 11.6 Å². The molecule has 26 heavy (non-hydrogen) atoms. The van der Waals surface area contributed by atoms with Crippen molar-refractivity contribution < 1.29 is 13.9 Å². The number of anilines is 1. The summed E-state index contributed by atoms with van der Waals surface area (Å²) in [5, 5.41) is 4.29. The number of amides is 1. The zero-order valence-corrected chi connectivity index (χ0v) is 16.1. The van der Waals surface area contributed by atoms with Gasteiger partial charge in [0.1, 0.15) is 11.3 Å². The Balaban J connectivity index is 1.80. The number of hydrogen-bond acceptors (Lipinski definition) is 3. The predicted molar refractivity (Wildman–Crippen MR) is 105 cm³/mol. The third-order valence-electron chi connectivity index (χ3n) is 4.31. The fourth-order valence-corrected chi connectivity index (χ4v) is 3.07. The number of benzene rings is 2. The molecule has 0 spiro atoms. The lowest BCUT2D eigenvalue weighted by molar-refractivity contribution is -0.115. The van der Waals surface area contributed by atoms with E-state index in [1.54, 1.807) is 31.6 Å². The number of nitrogens with one attached hydrogen (secondary N) is 1. The summed E-state index contributed by atoms with van der Waals surface area (Å²) in [4.78, 5) is 12.4. The van der Waals surface area contributed by atoms with Crippen LogP contribution in [0.25, 0.3) is 11.0 Å². The molecule has 4 nitrogen and oxygen atoms in total. The molecular formula is C21H22ClNO3. The Morgan fingerprint density at radius 1 is 1.19 bits per heavy atom. The molecule has 2 aromatic carbocycles. The van der Waals surface area contributed by atoms with Gasteiger partial charge < -0.3 is 14.5 Å². The van der Waals surface area contributed by atoms with E-state index in [0.717, 1.165) is 16.5 Å². The van der Waals surface area contributed by atoms with Gasteiger partial charge in [0, 0.05) is 16.6 Å². The summed E-state index contributed by atoms with van der Waals surface area (Å²) in [6, 6.07) is 11.3. The number of carbonyl (C=O) groups excluding carboxylic acids is 1. The molecule has 136 valence electrons. The smallest absolute Gasteiger partial charge is 0.228 e. The molecule has 0 unspecified atom stereocenters. The third kappa shape index (κ3) is 3.86. The summed E-state index contributed by atoms with van der Waals surface area (Å²) in [6.45, 7) is 6.48. The Morgan fingerprint density at radius 3 is 2.62 bits per heavy atom. The van der Waals surface area contributed by atoms with Gasteiger partial charge in [0.15, 0.2) is 0 Å². The maximum atomic E-state index is 12.4. The average molecular weight is 372 g/mol. The summed E-state index contributed by atoms with van der Waals surface area (Å²) in [5.41, 5.74) is 3.51. The second-order valence-corrected chi connectivity index (χ2v) is 7.70. The summed E-state index contributed by atoms with van der Waals surface area (Å²) < 4.78 is 10.7. The molecule has 1 N–H and O–H groups in total. The van der Waals surface area contributed by atoms with Gasteiger partial charge in [-0.3, -0.25) is 4.79 Å². The number of furan rings is 1. The number of ether oxygens (including phenoxy) is 1. The van der Waals surface area contributed by atoms with Crippen molar-refractivity contribution in [3.8, 4) is 5.75 Å². The van der Waals surface area contributed by atoms with Gasteiger partial charge in [0.05, 0.1) is 24.8 Å². The van der Waals surface area contributed by atoms with E-state index in [9.17, 15) is 4.79 Å². The molecule has 1 aromatic heterocycles. The van der Waals surface area contributed by atoms with Crippen molar-refractivity contribution in [2.75, 3.05) is 12.4 Å². The van der Waals surface area contributed by atoms with Crippen LogP contribution in [-0.2, 0) is 16.6 Å². The summed E-state index contributed by atoms with van der Waals surface area (Å²) in [5.74, 6) is 0.440. The number of carbonyl (C=O) groups is 1. The van der Waals surface area contributed by atoms with Gasteiger partial charge in [-0.1, -0.05) is 38.4 Å². The monoisotopic (exact) mass is 371 g/mol. The number of hydrogen-bond donors (Lipinski definition) is 1. The lowest BCUT2D eigenvalue weighted by atomic mass is 9.86. The van der Waals surface area contributed by atoms with Gasteiger partial charge in [-0.15, -0.1) is 0 Å². The van der Waals surface area contributed by atoms with Crippen molar-refractivity contribution >= 4 is 34.2 Å². The molecule has 0 atom stereocenters. The maximum absolute atomic E-state index is 12.4. The van der Waals surface area contributed by atoms with Crippen molar-refractivity contribution in [2.45, 2.75) is 32.6 Å². The third-order valence-corrected chi connectivity index (χ3v) is 4.60. The van der Waals surface area contributed by atoms with Crippen LogP contribution in [0.1, 0.15) is 31.9 Å². The standard InChI is InChI=1S/C21H22ClNO3/c1-21(2,3)14-5-7-18-16(10-14)13(12-26-18)9-20(24)23-15-6-8-19(25-4)17(22)11-15/h5-8,10-12H,9H2,1-4H3,(H,23,24). The highest BCUT2D eigenvalue weighted by Crippen LogP contribution is 2.30. The number of rotatable bonds is 4. The van der Waals surface area contributed by atoms with E-state index in [1.165, 1.54) is 5.56 Å². The number of methoxy groups -OCH3 is 1. The molecule has 0 radical (unpaired) electrons. The first-order valence-electron chi connectivity index (χ1n) is 8.42. The Hall–Kier alpha value is -2.46. The molecule has 3 aromatic rings. The van der Waals surface area contributed by atoms with E-state index < -0.39 is 0 Å². The molecule has 0 aliphatic heterocycles. The minimum Gasteiger partial charge on any atom is -0.495 e. The van der Waals surface area contributed by atoms with Crippen molar-refractivity contribution in [3.05, 3.63) is 58.8 Å². The minimum absolute atomic E-state index is 0.0326. The lowest BCUT2D eigenvalue weighted by Gasteiger charge is -2.18. The second kappa shape index (κ2) is 7.04. The van der Waals surface area contributed by atoms with Gasteiger partial charge in [0.2, 0.25) is 5.91 Å². The molecule has 0 aliphatic carbocycles. The van der Waals surface area contributed by atoms with Gasteiger partial charge in [-0.25, -0.2) is 0 Å². The van der Waals surface area contributed by atoms with E-state index in [-0.39, 0.29) is 17.7 Å². The Kier molecular flexibility index (Phi) is 4.97. The van der Waals surface area contributed by atoms with Crippen molar-refractivity contribution in [3.63, 3.8) is 0 Å². The van der Waals surface area contributed by atoms with Crippen LogP contribution in [0.2, 0.25) is 5.02 Å². The highest BCUT2D eigenvalue weighted by atomic mass is 35.5. The molecule has 0 saturated heterocycles. The number of fused-ring (bicyclic) bond motifs is 1. The minimum atomic E-state index is -0.130. The molecule has 0 bridgehead atoms. The first-order valence-corrected chi connectivity index (χ1v) is 8.80. The predicted octanol–water partition coefficient (Wildman–Crippen LogP) is 5.57. The summed E-state index contributed by atoms with van der Waals surface area (Å²) >= 11 is 6.10. The fourth-order valence-electron chi connectivity index (χ4n) is 2.81. The summed E-state index contributed by atoms with van der Waals surface area (Å²) in [6.07, 6.45) is 1.88. The van der Waals surface area contributed by atoms with Gasteiger partial charge in [-0.05, 0) is 41.3 Å². The van der Waals surface area contributed by atoms with E-state index >= 15 is 0 Å². The van der Waals surface area contributed by atoms with Crippen LogP contribution in [0.15, 0.2) is 47.1 Å². The molecule has 0 saturated carbocycles. The molecular weight excluding hydrogens is 350 g/mol. The fraction of sp³-hybridized carbons (Fsp3) is 0.286. The molecule has 5 heteroatoms. The van der Waals surface area contributed by atoms with Crippen LogP contribution < -0.4 is 10.1 Å². The largest absolute Gasteiger partial charge is 0.495 e. The van der Waals surface area contributed by atoms with Crippen LogP contribution in [0.3, 0.4) is 0 Å². The molecule has 1 heterocycles. The van der Waals surface area contributed by atoms with E-state index in [2.05, 4.69) is 38.2 Å². The average Bonchev–Trinajstić information content (AvgIpc) is 2.96. The van der Waals surface area contributed by atoms with Crippen LogP contribution in [0, 0.1) is 0 Å². The van der Waals surface area contributed by atoms with Crippen LogP contribution in [0.5, 0.6) is 5.75 Å². The zero-order valence-electron chi connectivity index (χ0n) is 15.4. The highest BCUT2D eigenvalue weighted by Gasteiger charge is 2.17. The Labute approximate surface area is 158 Å². The highest BCUT2D eigenvalue weighted by molar-refractivity contribution is 6.32. The maximum Gasteiger partial charge on any atom is 0.228 e. The molecule has 0 fully saturated rings. The molecule has 0 aliphatic rings. The van der Waals surface area contributed by atoms with E-state index in [4.69, 9.17) is 20.8 Å². The SMILES string of the molecule is COc1ccc(NC(=O)Cc2coc3ccc(C(C)(C)C)cc23)cc1Cl. The molecule has 3 rings (SSSR count). The van der Waals surface area contributed by atoms with Crippen molar-refractivity contribution in [1.82, 2.24) is 0 Å². The van der Waals surface area contributed by atoms with Crippen LogP contribution in [-0.4, -0.2) is 13.0 Å². The zero-order chi connectivity index (χ0) is 18.9. The van der Waals surface area contributed by atoms with E-state index in [1.807, 2.05) is 6.07 Å². The topological polar surface area (TPSA) is 51.5 Å². The van der Waals surface area contributed by atoms with Gasteiger partial charge >= 0.3 is 0 Å². The van der Waals surface area contributed by atoms with Crippen molar-refractivity contribution in [2.24, 2.45) is 0 Å². The first kappa shape index (κ1) is 18.3. The first-order chi connectivity index (χ1) is 12.3. The Morgan fingerprint density at radius 2 is 1.96 bits per heavy atom. The molecule has 1 amide bonds. The Bertz CT molecular complexity index is 954. The van der Waals surface area contributed by atoms with Crippen LogP contribution in [0.4, 0.5) is 5.69 Å². The van der Waals surface area contributed by atoms with E-state index in [0.29, 0.717) is 16.5 Å². The normalized spacial score (nSPS) is 11.6. The van der Waals surface area contributed by atoms with Gasteiger partial charge in [0.25, 0.3) is 0 Å². The van der Waals surface area contributed by atoms with Gasteiger partial charge in [-0.2, -0.15) is 0 Å². The summed E-state index contributed by atoms with van der Waals surface area (Å²) in [7, 11) is 1.55. The number of halogens is 1. The van der Waals surface area contributed by atoms with Crippen molar-refractivity contribution in [1.29, 1.82) is 0 Å². The quantitative estimate of drug-likeness (QED) is 0.651. The second-order valence-electron chi connectivity index (χ2n) is 7.30.